The van der Waals surface area contributed by atoms with Crippen LogP contribution in [0.3, 0.4) is 0 Å². The van der Waals surface area contributed by atoms with Gasteiger partial charge in [-0.2, -0.15) is 11.8 Å². The van der Waals surface area contributed by atoms with Crippen molar-refractivity contribution in [2.75, 3.05) is 18.8 Å². The first-order valence-electron chi connectivity index (χ1n) is 4.15. The molecule has 0 radical (unpaired) electrons. The molecular formula is C8H16N2S. The minimum Gasteiger partial charge on any atom is -0.359 e. The molecule has 64 valence electrons. The Hall–Kier alpha value is -0.180. The van der Waals surface area contributed by atoms with Crippen molar-refractivity contribution >= 4 is 17.6 Å². The van der Waals surface area contributed by atoms with Gasteiger partial charge in [0.15, 0.2) is 0 Å². The third-order valence-electron chi connectivity index (χ3n) is 2.07. The molecule has 3 heteroatoms. The monoisotopic (exact) mass is 172 g/mol. The van der Waals surface area contributed by atoms with Gasteiger partial charge in [0.25, 0.3) is 0 Å². The third kappa shape index (κ3) is 2.40. The van der Waals surface area contributed by atoms with Gasteiger partial charge in [-0.3, -0.25) is 5.41 Å². The van der Waals surface area contributed by atoms with Crippen molar-refractivity contribution in [2.24, 2.45) is 0 Å². The summed E-state index contributed by atoms with van der Waals surface area (Å²) in [6, 6.07) is 0. The van der Waals surface area contributed by atoms with Gasteiger partial charge >= 0.3 is 0 Å². The Morgan fingerprint density at radius 2 is 2.45 bits per heavy atom. The number of hydrogen-bond donors (Lipinski definition) is 1. The first-order chi connectivity index (χ1) is 5.24. The number of amidine groups is 1. The zero-order chi connectivity index (χ0) is 8.27. The fourth-order valence-corrected chi connectivity index (χ4v) is 2.45. The molecule has 0 saturated carbocycles. The largest absolute Gasteiger partial charge is 0.359 e. The molecule has 1 atom stereocenters. The van der Waals surface area contributed by atoms with Gasteiger partial charge in [-0.05, 0) is 13.3 Å². The van der Waals surface area contributed by atoms with Crippen molar-refractivity contribution in [1.82, 2.24) is 4.90 Å². The van der Waals surface area contributed by atoms with Gasteiger partial charge in [-0.1, -0.05) is 6.92 Å². The maximum absolute atomic E-state index is 7.47. The predicted octanol–water partition coefficient (Wildman–Crippen LogP) is 1.81. The fraction of sp³-hybridized carbons (Fsp3) is 0.875. The lowest BCUT2D eigenvalue weighted by atomic mass is 10.3. The van der Waals surface area contributed by atoms with Crippen LogP contribution >= 0.6 is 11.8 Å². The summed E-state index contributed by atoms with van der Waals surface area (Å²) in [5, 5.41) is 8.22. The molecular weight excluding hydrogens is 156 g/mol. The summed E-state index contributed by atoms with van der Waals surface area (Å²) in [7, 11) is 0. The van der Waals surface area contributed by atoms with Crippen molar-refractivity contribution in [3.8, 4) is 0 Å². The van der Waals surface area contributed by atoms with Crippen molar-refractivity contribution in [1.29, 1.82) is 5.41 Å². The fourth-order valence-electron chi connectivity index (χ4n) is 1.27. The van der Waals surface area contributed by atoms with E-state index in [0.717, 1.165) is 24.2 Å². The lowest BCUT2D eigenvalue weighted by Crippen LogP contribution is -2.40. The van der Waals surface area contributed by atoms with Crippen LogP contribution in [-0.2, 0) is 0 Å². The Bertz CT molecular complexity index is 147. The SMILES string of the molecule is CCC1CN(C(C)=N)CCS1. The van der Waals surface area contributed by atoms with Crippen molar-refractivity contribution in [3.63, 3.8) is 0 Å². The molecule has 1 aliphatic heterocycles. The van der Waals surface area contributed by atoms with Crippen LogP contribution in [0.5, 0.6) is 0 Å². The Balaban J connectivity index is 2.39. The highest BCUT2D eigenvalue weighted by Gasteiger charge is 2.18. The van der Waals surface area contributed by atoms with E-state index in [1.54, 1.807) is 0 Å². The Morgan fingerprint density at radius 1 is 1.73 bits per heavy atom. The molecule has 0 aromatic heterocycles. The average Bonchev–Trinajstić information content (AvgIpc) is 2.05. The molecule has 0 bridgehead atoms. The molecule has 0 spiro atoms. The number of hydrogen-bond acceptors (Lipinski definition) is 2. The molecule has 1 saturated heterocycles. The quantitative estimate of drug-likeness (QED) is 0.482. The summed E-state index contributed by atoms with van der Waals surface area (Å²) >= 11 is 2.05. The average molecular weight is 172 g/mol. The molecule has 0 amide bonds. The zero-order valence-electron chi connectivity index (χ0n) is 7.26. The Morgan fingerprint density at radius 3 is 3.00 bits per heavy atom. The van der Waals surface area contributed by atoms with Gasteiger partial charge in [-0.15, -0.1) is 0 Å². The van der Waals surface area contributed by atoms with Crippen molar-refractivity contribution in [2.45, 2.75) is 25.5 Å². The summed E-state index contributed by atoms with van der Waals surface area (Å²) in [4.78, 5) is 2.17. The molecule has 11 heavy (non-hydrogen) atoms. The van der Waals surface area contributed by atoms with E-state index in [1.807, 2.05) is 18.7 Å². The molecule has 0 aromatic carbocycles. The minimum atomic E-state index is 0.726. The molecule has 1 fully saturated rings. The Kier molecular flexibility index (Phi) is 3.24. The first-order valence-corrected chi connectivity index (χ1v) is 5.20. The van der Waals surface area contributed by atoms with Gasteiger partial charge < -0.3 is 4.90 Å². The van der Waals surface area contributed by atoms with E-state index >= 15 is 0 Å². The van der Waals surface area contributed by atoms with E-state index in [-0.39, 0.29) is 0 Å². The second-order valence-corrected chi connectivity index (χ2v) is 4.34. The summed E-state index contributed by atoms with van der Waals surface area (Å²) in [6.45, 7) is 6.25. The van der Waals surface area contributed by atoms with Gasteiger partial charge in [0, 0.05) is 24.1 Å². The predicted molar refractivity (Wildman–Crippen MR) is 51.5 cm³/mol. The smallest absolute Gasteiger partial charge is 0.0926 e. The third-order valence-corrected chi connectivity index (χ3v) is 3.44. The number of thioether (sulfide) groups is 1. The summed E-state index contributed by atoms with van der Waals surface area (Å²) in [5.41, 5.74) is 0. The molecule has 0 aliphatic carbocycles. The maximum atomic E-state index is 7.47. The van der Waals surface area contributed by atoms with Crippen LogP contribution in [0.4, 0.5) is 0 Å². The Labute approximate surface area is 72.9 Å². The molecule has 1 unspecified atom stereocenters. The van der Waals surface area contributed by atoms with E-state index in [4.69, 9.17) is 5.41 Å². The lowest BCUT2D eigenvalue weighted by molar-refractivity contribution is 0.419. The van der Waals surface area contributed by atoms with E-state index < -0.39 is 0 Å². The van der Waals surface area contributed by atoms with Crippen LogP contribution in [-0.4, -0.2) is 34.8 Å². The highest BCUT2D eigenvalue weighted by atomic mass is 32.2. The standard InChI is InChI=1S/C8H16N2S/c1-3-8-6-10(7(2)9)4-5-11-8/h8-9H,3-6H2,1-2H3. The molecule has 1 heterocycles. The summed E-state index contributed by atoms with van der Waals surface area (Å²) in [5.74, 6) is 1.91. The van der Waals surface area contributed by atoms with Gasteiger partial charge in [-0.25, -0.2) is 0 Å². The van der Waals surface area contributed by atoms with Crippen LogP contribution in [0.2, 0.25) is 0 Å². The van der Waals surface area contributed by atoms with Gasteiger partial charge in [0.1, 0.15) is 0 Å². The summed E-state index contributed by atoms with van der Waals surface area (Å²) < 4.78 is 0. The molecule has 2 nitrogen and oxygen atoms in total. The lowest BCUT2D eigenvalue weighted by Gasteiger charge is -2.32. The van der Waals surface area contributed by atoms with E-state index in [1.165, 1.54) is 12.2 Å². The van der Waals surface area contributed by atoms with Crippen LogP contribution in [0.25, 0.3) is 0 Å². The van der Waals surface area contributed by atoms with Crippen LogP contribution in [0, 0.1) is 5.41 Å². The molecule has 0 aromatic rings. The van der Waals surface area contributed by atoms with E-state index in [9.17, 15) is 0 Å². The summed E-state index contributed by atoms with van der Waals surface area (Å²) in [6.07, 6.45) is 1.23. The minimum absolute atomic E-state index is 0.726. The van der Waals surface area contributed by atoms with Crippen LogP contribution in [0.15, 0.2) is 0 Å². The van der Waals surface area contributed by atoms with Gasteiger partial charge in [0.05, 0.1) is 5.84 Å². The zero-order valence-corrected chi connectivity index (χ0v) is 8.08. The first kappa shape index (κ1) is 8.91. The van der Waals surface area contributed by atoms with E-state index in [0.29, 0.717) is 0 Å². The second kappa shape index (κ2) is 4.00. The van der Waals surface area contributed by atoms with Crippen molar-refractivity contribution in [3.05, 3.63) is 0 Å². The highest BCUT2D eigenvalue weighted by molar-refractivity contribution is 8.00. The van der Waals surface area contributed by atoms with Crippen molar-refractivity contribution < 1.29 is 0 Å². The normalized spacial score (nSPS) is 25.3. The van der Waals surface area contributed by atoms with Crippen LogP contribution < -0.4 is 0 Å². The molecule has 1 aliphatic rings. The number of nitrogens with one attached hydrogen (secondary N) is 1. The number of rotatable bonds is 1. The maximum Gasteiger partial charge on any atom is 0.0926 e. The molecule has 1 rings (SSSR count). The van der Waals surface area contributed by atoms with Crippen LogP contribution in [0.1, 0.15) is 20.3 Å². The number of nitrogens with zero attached hydrogens (tertiary/aromatic N) is 1. The highest BCUT2D eigenvalue weighted by Crippen LogP contribution is 2.20. The second-order valence-electron chi connectivity index (χ2n) is 2.93. The molecule has 1 N–H and O–H groups in total. The van der Waals surface area contributed by atoms with Gasteiger partial charge in [0.2, 0.25) is 0 Å². The van der Waals surface area contributed by atoms with E-state index in [2.05, 4.69) is 11.8 Å². The topological polar surface area (TPSA) is 27.1 Å².